The van der Waals surface area contributed by atoms with Gasteiger partial charge in [-0.1, -0.05) is 24.3 Å². The average molecular weight is 533 g/mol. The van der Waals surface area contributed by atoms with E-state index in [4.69, 9.17) is 14.7 Å². The number of hydrogen-bond donors (Lipinski definition) is 0. The van der Waals surface area contributed by atoms with Gasteiger partial charge in [0.2, 0.25) is 0 Å². The SMILES string of the molecule is Cn1c(-c2cc(Oc3cc(-c4nc5ccccc5n4C)cc4cnccc34)c3ccncc3c2)nc2ccccc21. The molecule has 8 rings (SSSR count). The Morgan fingerprint density at radius 2 is 1.02 bits per heavy atom. The molecule has 0 aliphatic heterocycles. The minimum absolute atomic E-state index is 0.729. The van der Waals surface area contributed by atoms with E-state index in [0.717, 1.165) is 77.9 Å². The molecule has 4 aromatic heterocycles. The zero-order chi connectivity index (χ0) is 27.5. The van der Waals surface area contributed by atoms with Gasteiger partial charge in [0.25, 0.3) is 0 Å². The van der Waals surface area contributed by atoms with Crippen LogP contribution in [0.15, 0.2) is 110 Å². The Morgan fingerprint density at radius 1 is 0.561 bits per heavy atom. The standard InChI is InChI=1S/C34H24N6O/c1-39-29-9-5-3-7-27(29)37-33(39)21-15-23-19-35-13-11-25(23)31(17-21)41-32-18-22(16-24-20-36-14-12-26(24)32)34-38-28-8-4-6-10-30(28)40(34)2/h3-20H,1-2H3. The fourth-order valence-corrected chi connectivity index (χ4v) is 5.70. The molecule has 0 unspecified atom stereocenters. The van der Waals surface area contributed by atoms with Crippen LogP contribution in [0.1, 0.15) is 0 Å². The van der Waals surface area contributed by atoms with Crippen molar-refractivity contribution in [1.29, 1.82) is 0 Å². The molecule has 4 aromatic carbocycles. The molecule has 7 nitrogen and oxygen atoms in total. The number of para-hydroxylation sites is 4. The molecular weight excluding hydrogens is 508 g/mol. The normalized spacial score (nSPS) is 11.7. The van der Waals surface area contributed by atoms with Crippen LogP contribution < -0.4 is 4.74 Å². The lowest BCUT2D eigenvalue weighted by Gasteiger charge is -2.15. The van der Waals surface area contributed by atoms with Gasteiger partial charge in [0.15, 0.2) is 0 Å². The third kappa shape index (κ3) is 3.74. The number of nitrogens with zero attached hydrogens (tertiary/aromatic N) is 6. The maximum atomic E-state index is 6.83. The van der Waals surface area contributed by atoms with E-state index in [1.54, 1.807) is 12.4 Å². The van der Waals surface area contributed by atoms with Crippen LogP contribution in [0, 0.1) is 0 Å². The van der Waals surface area contributed by atoms with E-state index in [9.17, 15) is 0 Å². The third-order valence-electron chi connectivity index (χ3n) is 7.74. The van der Waals surface area contributed by atoms with Gasteiger partial charge in [-0.3, -0.25) is 9.97 Å². The summed E-state index contributed by atoms with van der Waals surface area (Å²) in [5.41, 5.74) is 5.96. The Morgan fingerprint density at radius 3 is 1.49 bits per heavy atom. The first-order chi connectivity index (χ1) is 20.1. The zero-order valence-corrected chi connectivity index (χ0v) is 22.5. The summed E-state index contributed by atoms with van der Waals surface area (Å²) in [6.07, 6.45) is 7.32. The fraction of sp³-hybridized carbons (Fsp3) is 0.0588. The molecule has 7 heteroatoms. The van der Waals surface area contributed by atoms with E-state index in [2.05, 4.69) is 55.5 Å². The number of benzene rings is 4. The quantitative estimate of drug-likeness (QED) is 0.232. The highest BCUT2D eigenvalue weighted by molar-refractivity contribution is 5.96. The number of aryl methyl sites for hydroxylation is 2. The number of imidazole rings is 2. The number of pyridine rings is 2. The second-order valence-electron chi connectivity index (χ2n) is 10.2. The largest absolute Gasteiger partial charge is 0.456 e. The van der Waals surface area contributed by atoms with Crippen LogP contribution >= 0.6 is 0 Å². The summed E-state index contributed by atoms with van der Waals surface area (Å²) in [7, 11) is 4.08. The summed E-state index contributed by atoms with van der Waals surface area (Å²) in [5, 5.41) is 3.89. The van der Waals surface area contributed by atoms with Crippen LogP contribution in [-0.4, -0.2) is 29.1 Å². The Balaban J connectivity index is 1.33. The predicted octanol–water partition coefficient (Wildman–Crippen LogP) is 7.68. The lowest BCUT2D eigenvalue weighted by Crippen LogP contribution is -1.96. The smallest absolute Gasteiger partial charge is 0.141 e. The molecule has 0 spiro atoms. The Bertz CT molecular complexity index is 2120. The summed E-state index contributed by atoms with van der Waals surface area (Å²) in [4.78, 5) is 18.7. The molecule has 8 aromatic rings. The van der Waals surface area contributed by atoms with Crippen LogP contribution in [-0.2, 0) is 14.1 Å². The first-order valence-corrected chi connectivity index (χ1v) is 13.4. The molecule has 0 aliphatic rings. The molecule has 196 valence electrons. The van der Waals surface area contributed by atoms with Crippen LogP contribution in [0.2, 0.25) is 0 Å². The van der Waals surface area contributed by atoms with Gasteiger partial charge in [-0.2, -0.15) is 0 Å². The molecule has 0 radical (unpaired) electrons. The predicted molar refractivity (Wildman–Crippen MR) is 163 cm³/mol. The molecule has 0 N–H and O–H groups in total. The lowest BCUT2D eigenvalue weighted by atomic mass is 10.1. The Hall–Kier alpha value is -5.56. The maximum Gasteiger partial charge on any atom is 0.141 e. The van der Waals surface area contributed by atoms with Gasteiger partial charge in [-0.05, 0) is 60.7 Å². The van der Waals surface area contributed by atoms with E-state index in [0.29, 0.717) is 0 Å². The van der Waals surface area contributed by atoms with Gasteiger partial charge >= 0.3 is 0 Å². The maximum absolute atomic E-state index is 6.83. The van der Waals surface area contributed by atoms with E-state index < -0.39 is 0 Å². The second kappa shape index (κ2) is 8.99. The van der Waals surface area contributed by atoms with Crippen LogP contribution in [0.3, 0.4) is 0 Å². The van der Waals surface area contributed by atoms with E-state index >= 15 is 0 Å². The van der Waals surface area contributed by atoms with Crippen LogP contribution in [0.4, 0.5) is 0 Å². The summed E-state index contributed by atoms with van der Waals surface area (Å²) in [5.74, 6) is 3.19. The molecule has 41 heavy (non-hydrogen) atoms. The molecule has 0 bridgehead atoms. The van der Waals surface area contributed by atoms with Crippen molar-refractivity contribution in [2.24, 2.45) is 14.1 Å². The van der Waals surface area contributed by atoms with E-state index in [1.165, 1.54) is 0 Å². The molecule has 0 atom stereocenters. The monoisotopic (exact) mass is 532 g/mol. The van der Waals surface area contributed by atoms with E-state index in [-0.39, 0.29) is 0 Å². The topological polar surface area (TPSA) is 70.7 Å². The minimum atomic E-state index is 0.729. The molecule has 4 heterocycles. The number of rotatable bonds is 4. The number of fused-ring (bicyclic) bond motifs is 4. The fourth-order valence-electron chi connectivity index (χ4n) is 5.70. The first kappa shape index (κ1) is 23.3. The molecule has 0 saturated heterocycles. The number of aromatic nitrogens is 6. The summed E-state index contributed by atoms with van der Waals surface area (Å²) in [6.45, 7) is 0. The van der Waals surface area contributed by atoms with Crippen molar-refractivity contribution in [3.63, 3.8) is 0 Å². The Kier molecular flexibility index (Phi) is 5.12. The lowest BCUT2D eigenvalue weighted by molar-refractivity contribution is 0.494. The van der Waals surface area contributed by atoms with Crippen molar-refractivity contribution in [1.82, 2.24) is 29.1 Å². The van der Waals surface area contributed by atoms with Gasteiger partial charge in [-0.25, -0.2) is 9.97 Å². The van der Waals surface area contributed by atoms with E-state index in [1.807, 2.05) is 75.0 Å². The van der Waals surface area contributed by atoms with Gasteiger partial charge in [0.05, 0.1) is 22.1 Å². The highest BCUT2D eigenvalue weighted by Gasteiger charge is 2.17. The molecule has 0 amide bonds. The highest BCUT2D eigenvalue weighted by atomic mass is 16.5. The van der Waals surface area contributed by atoms with Gasteiger partial charge in [0, 0.05) is 71.6 Å². The third-order valence-corrected chi connectivity index (χ3v) is 7.74. The molecular formula is C34H24N6O. The summed E-state index contributed by atoms with van der Waals surface area (Å²) >= 11 is 0. The van der Waals surface area contributed by atoms with Crippen molar-refractivity contribution in [3.05, 3.63) is 110 Å². The Labute approximate surface area is 235 Å². The van der Waals surface area contributed by atoms with Gasteiger partial charge < -0.3 is 13.9 Å². The molecule has 0 saturated carbocycles. The number of ether oxygens (including phenoxy) is 1. The van der Waals surface area contributed by atoms with Crippen molar-refractivity contribution < 1.29 is 4.74 Å². The van der Waals surface area contributed by atoms with Crippen molar-refractivity contribution in [3.8, 4) is 34.3 Å². The van der Waals surface area contributed by atoms with Crippen molar-refractivity contribution >= 4 is 43.6 Å². The van der Waals surface area contributed by atoms with Gasteiger partial charge in [0.1, 0.15) is 23.1 Å². The zero-order valence-electron chi connectivity index (χ0n) is 22.5. The van der Waals surface area contributed by atoms with Gasteiger partial charge in [-0.15, -0.1) is 0 Å². The second-order valence-corrected chi connectivity index (χ2v) is 10.2. The van der Waals surface area contributed by atoms with Crippen LogP contribution in [0.5, 0.6) is 11.5 Å². The van der Waals surface area contributed by atoms with Crippen LogP contribution in [0.25, 0.3) is 66.4 Å². The number of hydrogen-bond acceptors (Lipinski definition) is 5. The minimum Gasteiger partial charge on any atom is -0.456 e. The summed E-state index contributed by atoms with van der Waals surface area (Å²) < 4.78 is 11.1. The highest BCUT2D eigenvalue weighted by Crippen LogP contribution is 2.39. The molecule has 0 aliphatic carbocycles. The van der Waals surface area contributed by atoms with Crippen molar-refractivity contribution in [2.75, 3.05) is 0 Å². The average Bonchev–Trinajstić information content (AvgIpc) is 3.54. The van der Waals surface area contributed by atoms with Crippen molar-refractivity contribution in [2.45, 2.75) is 0 Å². The first-order valence-electron chi connectivity index (χ1n) is 13.4. The summed E-state index contributed by atoms with van der Waals surface area (Å²) in [6, 6.07) is 28.7. The molecule has 0 fully saturated rings.